The van der Waals surface area contributed by atoms with Crippen LogP contribution < -0.4 is 0 Å². The van der Waals surface area contributed by atoms with Gasteiger partial charge in [0.2, 0.25) is 0 Å². The number of carbonyl (C=O) groups excluding carboxylic acids is 1. The van der Waals surface area contributed by atoms with Gasteiger partial charge in [-0.1, -0.05) is 32.1 Å². The molecule has 1 unspecified atom stereocenters. The van der Waals surface area contributed by atoms with E-state index in [0.717, 1.165) is 6.42 Å². The summed E-state index contributed by atoms with van der Waals surface area (Å²) < 4.78 is 4.45. The van der Waals surface area contributed by atoms with E-state index in [4.69, 9.17) is 0 Å². The molecule has 3 heteroatoms. The second-order valence-corrected chi connectivity index (χ2v) is 4.19. The van der Waals surface area contributed by atoms with Crippen LogP contribution in [0.25, 0.3) is 0 Å². The van der Waals surface area contributed by atoms with Crippen molar-refractivity contribution >= 4 is 5.97 Å². The molecule has 15 heavy (non-hydrogen) atoms. The van der Waals surface area contributed by atoms with Crippen LogP contribution in [0.4, 0.5) is 0 Å². The zero-order valence-corrected chi connectivity index (χ0v) is 9.32. The summed E-state index contributed by atoms with van der Waals surface area (Å²) >= 11 is 0. The number of aliphatic hydroxyl groups is 1. The first-order valence-electron chi connectivity index (χ1n) is 5.66. The van der Waals surface area contributed by atoms with Gasteiger partial charge in [-0.25, -0.2) is 4.79 Å². The highest BCUT2D eigenvalue weighted by Crippen LogP contribution is 2.27. The predicted octanol–water partition coefficient (Wildman–Crippen LogP) is 2.05. The van der Waals surface area contributed by atoms with E-state index in [0.29, 0.717) is 5.92 Å². The summed E-state index contributed by atoms with van der Waals surface area (Å²) in [6.45, 7) is 0. The van der Waals surface area contributed by atoms with Gasteiger partial charge in [-0.3, -0.25) is 0 Å². The molecular weight excluding hydrogens is 192 g/mol. The lowest BCUT2D eigenvalue weighted by molar-refractivity contribution is -0.134. The first-order chi connectivity index (χ1) is 7.22. The first-order valence-corrected chi connectivity index (χ1v) is 5.66. The van der Waals surface area contributed by atoms with Crippen LogP contribution >= 0.6 is 0 Å². The Balaban J connectivity index is 2.24. The van der Waals surface area contributed by atoms with Crippen LogP contribution in [0.1, 0.15) is 38.5 Å². The molecule has 0 spiro atoms. The molecule has 1 saturated carbocycles. The summed E-state index contributed by atoms with van der Waals surface area (Å²) in [7, 11) is 1.33. The van der Waals surface area contributed by atoms with Crippen molar-refractivity contribution in [3.8, 4) is 0 Å². The van der Waals surface area contributed by atoms with E-state index < -0.39 is 12.1 Å². The van der Waals surface area contributed by atoms with Crippen molar-refractivity contribution in [2.75, 3.05) is 7.11 Å². The molecule has 0 aromatic heterocycles. The van der Waals surface area contributed by atoms with Gasteiger partial charge in [-0.2, -0.15) is 0 Å². The van der Waals surface area contributed by atoms with Gasteiger partial charge < -0.3 is 9.84 Å². The number of ether oxygens (including phenoxy) is 1. The minimum Gasteiger partial charge on any atom is -0.466 e. The fourth-order valence-corrected chi connectivity index (χ4v) is 2.10. The SMILES string of the molecule is COC(=O)/C=C/C(O)CC1CCCCC1. The fourth-order valence-electron chi connectivity index (χ4n) is 2.10. The second-order valence-electron chi connectivity index (χ2n) is 4.19. The molecule has 0 aromatic carbocycles. The van der Waals surface area contributed by atoms with Crippen molar-refractivity contribution in [2.24, 2.45) is 5.92 Å². The maximum Gasteiger partial charge on any atom is 0.330 e. The van der Waals surface area contributed by atoms with Gasteiger partial charge in [0.05, 0.1) is 13.2 Å². The monoisotopic (exact) mass is 212 g/mol. The summed E-state index contributed by atoms with van der Waals surface area (Å²) in [6.07, 6.45) is 9.39. The van der Waals surface area contributed by atoms with Crippen molar-refractivity contribution in [2.45, 2.75) is 44.6 Å². The molecule has 1 rings (SSSR count). The topological polar surface area (TPSA) is 46.5 Å². The van der Waals surface area contributed by atoms with Gasteiger partial charge in [0.1, 0.15) is 0 Å². The lowest BCUT2D eigenvalue weighted by Crippen LogP contribution is -2.14. The van der Waals surface area contributed by atoms with Crippen molar-refractivity contribution in [3.63, 3.8) is 0 Å². The summed E-state index contributed by atoms with van der Waals surface area (Å²) in [5, 5.41) is 9.65. The third-order valence-corrected chi connectivity index (χ3v) is 2.96. The molecule has 0 amide bonds. The van der Waals surface area contributed by atoms with Crippen molar-refractivity contribution in [1.82, 2.24) is 0 Å². The van der Waals surface area contributed by atoms with Gasteiger partial charge in [-0.15, -0.1) is 0 Å². The zero-order chi connectivity index (χ0) is 11.1. The Kier molecular flexibility index (Phi) is 5.40. The number of methoxy groups -OCH3 is 1. The molecular formula is C12H20O3. The molecule has 0 radical (unpaired) electrons. The Labute approximate surface area is 91.1 Å². The van der Waals surface area contributed by atoms with Crippen LogP contribution in [0.15, 0.2) is 12.2 Å². The van der Waals surface area contributed by atoms with E-state index in [1.165, 1.54) is 51.4 Å². The van der Waals surface area contributed by atoms with Gasteiger partial charge in [0.15, 0.2) is 0 Å². The normalized spacial score (nSPS) is 20.4. The van der Waals surface area contributed by atoms with E-state index in [2.05, 4.69) is 4.74 Å². The minimum atomic E-state index is -0.507. The first kappa shape index (κ1) is 12.2. The predicted molar refractivity (Wildman–Crippen MR) is 58.4 cm³/mol. The average molecular weight is 212 g/mol. The highest BCUT2D eigenvalue weighted by molar-refractivity contribution is 5.81. The van der Waals surface area contributed by atoms with Crippen LogP contribution in [0.2, 0.25) is 0 Å². The average Bonchev–Trinajstić information content (AvgIpc) is 2.27. The number of hydrogen-bond donors (Lipinski definition) is 1. The van der Waals surface area contributed by atoms with Crippen LogP contribution in [0.3, 0.4) is 0 Å². The van der Waals surface area contributed by atoms with Gasteiger partial charge >= 0.3 is 5.97 Å². The molecule has 1 aliphatic carbocycles. The van der Waals surface area contributed by atoms with E-state index in [1.807, 2.05) is 0 Å². The maximum atomic E-state index is 10.8. The Morgan fingerprint density at radius 1 is 1.47 bits per heavy atom. The van der Waals surface area contributed by atoms with Gasteiger partial charge in [0.25, 0.3) is 0 Å². The van der Waals surface area contributed by atoms with Crippen LogP contribution in [-0.2, 0) is 9.53 Å². The number of rotatable bonds is 4. The summed E-state index contributed by atoms with van der Waals surface area (Å²) in [6, 6.07) is 0. The Bertz CT molecular complexity index is 217. The Hall–Kier alpha value is -0.830. The minimum absolute atomic E-state index is 0.405. The van der Waals surface area contributed by atoms with Crippen molar-refractivity contribution < 1.29 is 14.6 Å². The molecule has 1 N–H and O–H groups in total. The number of carbonyl (C=O) groups is 1. The molecule has 1 atom stereocenters. The molecule has 0 heterocycles. The van der Waals surface area contributed by atoms with E-state index in [1.54, 1.807) is 0 Å². The molecule has 0 saturated heterocycles. The quantitative estimate of drug-likeness (QED) is 0.573. The Morgan fingerprint density at radius 2 is 2.13 bits per heavy atom. The highest BCUT2D eigenvalue weighted by Gasteiger charge is 2.16. The van der Waals surface area contributed by atoms with E-state index >= 15 is 0 Å². The third-order valence-electron chi connectivity index (χ3n) is 2.96. The number of esters is 1. The summed E-state index contributed by atoms with van der Waals surface area (Å²) in [5.41, 5.74) is 0. The smallest absolute Gasteiger partial charge is 0.330 e. The molecule has 3 nitrogen and oxygen atoms in total. The van der Waals surface area contributed by atoms with Crippen LogP contribution in [-0.4, -0.2) is 24.3 Å². The van der Waals surface area contributed by atoms with E-state index in [9.17, 15) is 9.90 Å². The number of aliphatic hydroxyl groups excluding tert-OH is 1. The number of hydrogen-bond acceptors (Lipinski definition) is 3. The van der Waals surface area contributed by atoms with Crippen LogP contribution in [0, 0.1) is 5.92 Å². The standard InChI is InChI=1S/C12H20O3/c1-15-12(14)8-7-11(13)9-10-5-3-2-4-6-10/h7-8,10-11,13H,2-6,9H2,1H3/b8-7+. The summed E-state index contributed by atoms with van der Waals surface area (Å²) in [4.78, 5) is 10.8. The molecule has 1 aliphatic rings. The van der Waals surface area contributed by atoms with Gasteiger partial charge in [-0.05, 0) is 18.4 Å². The highest BCUT2D eigenvalue weighted by atomic mass is 16.5. The zero-order valence-electron chi connectivity index (χ0n) is 9.32. The van der Waals surface area contributed by atoms with Crippen molar-refractivity contribution in [3.05, 3.63) is 12.2 Å². The molecule has 0 aliphatic heterocycles. The van der Waals surface area contributed by atoms with Crippen molar-refractivity contribution in [1.29, 1.82) is 0 Å². The largest absolute Gasteiger partial charge is 0.466 e. The fraction of sp³-hybridized carbons (Fsp3) is 0.750. The molecule has 1 fully saturated rings. The molecule has 86 valence electrons. The molecule has 0 aromatic rings. The third kappa shape index (κ3) is 4.98. The molecule has 0 bridgehead atoms. The van der Waals surface area contributed by atoms with Crippen LogP contribution in [0.5, 0.6) is 0 Å². The van der Waals surface area contributed by atoms with Gasteiger partial charge in [0, 0.05) is 6.08 Å². The maximum absolute atomic E-state index is 10.8. The Morgan fingerprint density at radius 3 is 2.73 bits per heavy atom. The lowest BCUT2D eigenvalue weighted by atomic mass is 9.85. The lowest BCUT2D eigenvalue weighted by Gasteiger charge is -2.22. The van der Waals surface area contributed by atoms with E-state index in [-0.39, 0.29) is 0 Å². The second kappa shape index (κ2) is 6.62. The summed E-state index contributed by atoms with van der Waals surface area (Å²) in [5.74, 6) is 0.216.